The Kier molecular flexibility index (Phi) is 2.09. The minimum Gasteiger partial charge on any atom is -0.245 e. The van der Waals surface area contributed by atoms with Crippen molar-refractivity contribution in [3.05, 3.63) is 23.4 Å². The van der Waals surface area contributed by atoms with Crippen LogP contribution in [0.2, 0.25) is 0 Å². The van der Waals surface area contributed by atoms with E-state index in [2.05, 4.69) is 22.7 Å². The minimum atomic E-state index is 1.02. The first-order valence-corrected chi connectivity index (χ1v) is 5.57. The Hall–Kier alpha value is -0.150. The van der Waals surface area contributed by atoms with Crippen LogP contribution in [0.3, 0.4) is 0 Å². The Bertz CT molecular complexity index is 273. The summed E-state index contributed by atoms with van der Waals surface area (Å²) in [5.41, 5.74) is 2.71. The van der Waals surface area contributed by atoms with E-state index in [1.165, 1.54) is 34.9 Å². The molecule has 58 valence electrons. The molecule has 0 radical (unpaired) electrons. The quantitative estimate of drug-likeness (QED) is 0.530. The molecule has 3 heteroatoms. The van der Waals surface area contributed by atoms with Gasteiger partial charge < -0.3 is 0 Å². The van der Waals surface area contributed by atoms with Crippen molar-refractivity contribution in [3.8, 4) is 0 Å². The lowest BCUT2D eigenvalue weighted by Gasteiger charge is -1.98. The molecule has 2 rings (SSSR count). The van der Waals surface area contributed by atoms with Crippen LogP contribution in [-0.4, -0.2) is 4.98 Å². The van der Waals surface area contributed by atoms with Gasteiger partial charge >= 0.3 is 0 Å². The summed E-state index contributed by atoms with van der Waals surface area (Å²) in [7, 11) is 1.42. The Morgan fingerprint density at radius 1 is 1.36 bits per heavy atom. The maximum Gasteiger partial charge on any atom is 0.107 e. The highest BCUT2D eigenvalue weighted by Gasteiger charge is 2.11. The van der Waals surface area contributed by atoms with E-state index in [0.29, 0.717) is 0 Å². The molecule has 0 saturated carbocycles. The van der Waals surface area contributed by atoms with E-state index in [4.69, 9.17) is 0 Å². The highest BCUT2D eigenvalue weighted by Crippen LogP contribution is 2.25. The number of thiol groups is 1. The third-order valence-corrected chi connectivity index (χ3v) is 2.97. The number of aryl methyl sites for hydroxylation is 2. The summed E-state index contributed by atoms with van der Waals surface area (Å²) in [5, 5.41) is 1.02. The van der Waals surface area contributed by atoms with E-state index >= 15 is 0 Å². The topological polar surface area (TPSA) is 12.9 Å². The summed E-state index contributed by atoms with van der Waals surface area (Å²) in [5.74, 6) is 0. The second kappa shape index (κ2) is 3.07. The van der Waals surface area contributed by atoms with Crippen LogP contribution in [-0.2, 0) is 12.8 Å². The van der Waals surface area contributed by atoms with Gasteiger partial charge in [0.1, 0.15) is 5.03 Å². The summed E-state index contributed by atoms with van der Waals surface area (Å²) in [6.45, 7) is 0. The second-order valence-electron chi connectivity index (χ2n) is 2.70. The van der Waals surface area contributed by atoms with Crippen molar-refractivity contribution in [1.29, 1.82) is 0 Å². The molecule has 0 N–H and O–H groups in total. The fourth-order valence-electron chi connectivity index (χ4n) is 1.45. The maximum atomic E-state index is 4.46. The van der Waals surface area contributed by atoms with Gasteiger partial charge in [0.15, 0.2) is 0 Å². The predicted molar refractivity (Wildman–Crippen MR) is 51.1 cm³/mol. The average Bonchev–Trinajstić information content (AvgIpc) is 2.50. The molecule has 1 nitrogen and oxygen atoms in total. The van der Waals surface area contributed by atoms with Crippen LogP contribution in [0.15, 0.2) is 17.2 Å². The molecule has 0 aliphatic heterocycles. The average molecular weight is 183 g/mol. The SMILES string of the molecule is SSc1ccc2c(n1)CCC2. The lowest BCUT2D eigenvalue weighted by molar-refractivity contribution is 0.892. The molecule has 0 atom stereocenters. The molecular formula is C8H9NS2. The molecule has 0 aromatic carbocycles. The molecule has 1 aromatic rings. The zero-order valence-corrected chi connectivity index (χ0v) is 7.79. The van der Waals surface area contributed by atoms with Gasteiger partial charge in [0.25, 0.3) is 0 Å². The van der Waals surface area contributed by atoms with Gasteiger partial charge in [-0.3, -0.25) is 0 Å². The van der Waals surface area contributed by atoms with Crippen molar-refractivity contribution in [1.82, 2.24) is 4.98 Å². The number of nitrogens with zero attached hydrogens (tertiary/aromatic N) is 1. The number of pyridine rings is 1. The van der Waals surface area contributed by atoms with Crippen molar-refractivity contribution in [3.63, 3.8) is 0 Å². The molecule has 11 heavy (non-hydrogen) atoms. The molecule has 1 aromatic heterocycles. The molecule has 0 unspecified atom stereocenters. The number of hydrogen-bond acceptors (Lipinski definition) is 3. The Labute approximate surface area is 75.4 Å². The second-order valence-corrected chi connectivity index (χ2v) is 3.85. The minimum absolute atomic E-state index is 1.02. The standard InChI is InChI=1S/C8H9NS2/c10-11-8-5-4-6-2-1-3-7(6)9-8/h4-5,10H,1-3H2. The Morgan fingerprint density at radius 2 is 2.27 bits per heavy atom. The van der Waals surface area contributed by atoms with Gasteiger partial charge in [-0.05, 0) is 41.7 Å². The number of hydrogen-bond donors (Lipinski definition) is 1. The van der Waals surface area contributed by atoms with Crippen molar-refractivity contribution in [2.75, 3.05) is 0 Å². The summed E-state index contributed by atoms with van der Waals surface area (Å²) in [4.78, 5) is 4.46. The molecule has 0 amide bonds. The third kappa shape index (κ3) is 1.40. The Balaban J connectivity index is 2.41. The highest BCUT2D eigenvalue weighted by atomic mass is 33.1. The van der Waals surface area contributed by atoms with Gasteiger partial charge in [-0.1, -0.05) is 6.07 Å². The monoisotopic (exact) mass is 183 g/mol. The van der Waals surface area contributed by atoms with Gasteiger partial charge in [-0.15, -0.1) is 11.7 Å². The van der Waals surface area contributed by atoms with Crippen molar-refractivity contribution < 1.29 is 0 Å². The number of aromatic nitrogens is 1. The fraction of sp³-hybridized carbons (Fsp3) is 0.375. The molecular weight excluding hydrogens is 174 g/mol. The largest absolute Gasteiger partial charge is 0.245 e. The predicted octanol–water partition coefficient (Wildman–Crippen LogP) is 2.51. The van der Waals surface area contributed by atoms with Crippen LogP contribution in [0.1, 0.15) is 17.7 Å². The molecule has 1 heterocycles. The van der Waals surface area contributed by atoms with Crippen LogP contribution in [0, 0.1) is 0 Å². The summed E-state index contributed by atoms with van der Waals surface area (Å²) >= 11 is 4.11. The molecule has 1 aliphatic carbocycles. The summed E-state index contributed by atoms with van der Waals surface area (Å²) in [6, 6.07) is 4.22. The lowest BCUT2D eigenvalue weighted by Crippen LogP contribution is -1.87. The third-order valence-electron chi connectivity index (χ3n) is 2.00. The van der Waals surface area contributed by atoms with Gasteiger partial charge in [-0.2, -0.15) is 0 Å². The number of fused-ring (bicyclic) bond motifs is 1. The van der Waals surface area contributed by atoms with E-state index in [0.717, 1.165) is 11.4 Å². The van der Waals surface area contributed by atoms with Crippen LogP contribution in [0.5, 0.6) is 0 Å². The molecule has 1 aliphatic rings. The zero-order chi connectivity index (χ0) is 7.68. The van der Waals surface area contributed by atoms with Gasteiger partial charge in [0.2, 0.25) is 0 Å². The first-order chi connectivity index (χ1) is 5.40. The van der Waals surface area contributed by atoms with Crippen LogP contribution >= 0.6 is 22.5 Å². The van der Waals surface area contributed by atoms with E-state index in [9.17, 15) is 0 Å². The van der Waals surface area contributed by atoms with Crippen LogP contribution in [0.4, 0.5) is 0 Å². The first kappa shape index (κ1) is 7.50. The van der Waals surface area contributed by atoms with Gasteiger partial charge in [0, 0.05) is 5.69 Å². The highest BCUT2D eigenvalue weighted by molar-refractivity contribution is 8.68. The van der Waals surface area contributed by atoms with Crippen molar-refractivity contribution in [2.24, 2.45) is 0 Å². The number of rotatable bonds is 1. The van der Waals surface area contributed by atoms with E-state index in [1.54, 1.807) is 0 Å². The van der Waals surface area contributed by atoms with Crippen LogP contribution in [0.25, 0.3) is 0 Å². The first-order valence-electron chi connectivity index (χ1n) is 3.70. The molecule has 0 fully saturated rings. The van der Waals surface area contributed by atoms with E-state index in [-0.39, 0.29) is 0 Å². The Morgan fingerprint density at radius 3 is 3.09 bits per heavy atom. The van der Waals surface area contributed by atoms with Crippen LogP contribution < -0.4 is 0 Å². The molecule has 0 spiro atoms. The van der Waals surface area contributed by atoms with E-state index in [1.807, 2.05) is 6.07 Å². The molecule has 0 saturated heterocycles. The summed E-state index contributed by atoms with van der Waals surface area (Å²) < 4.78 is 0. The molecule has 0 bridgehead atoms. The summed E-state index contributed by atoms with van der Waals surface area (Å²) in [6.07, 6.45) is 3.63. The fourth-order valence-corrected chi connectivity index (χ4v) is 2.04. The van der Waals surface area contributed by atoms with Crippen molar-refractivity contribution >= 4 is 22.5 Å². The lowest BCUT2D eigenvalue weighted by atomic mass is 10.2. The van der Waals surface area contributed by atoms with Crippen molar-refractivity contribution in [2.45, 2.75) is 24.3 Å². The zero-order valence-electron chi connectivity index (χ0n) is 6.08. The van der Waals surface area contributed by atoms with E-state index < -0.39 is 0 Å². The normalized spacial score (nSPS) is 15.0. The van der Waals surface area contributed by atoms with Gasteiger partial charge in [0.05, 0.1) is 0 Å². The maximum absolute atomic E-state index is 4.46. The van der Waals surface area contributed by atoms with Gasteiger partial charge in [-0.25, -0.2) is 4.98 Å². The smallest absolute Gasteiger partial charge is 0.107 e.